The molecule has 0 aliphatic heterocycles. The molecule has 1 atom stereocenters. The quantitative estimate of drug-likeness (QED) is 0.923. The molecule has 2 aromatic rings. The van der Waals surface area contributed by atoms with Gasteiger partial charge in [-0.1, -0.05) is 11.6 Å². The molecule has 0 bridgehead atoms. The molecule has 0 aliphatic carbocycles. The van der Waals surface area contributed by atoms with Crippen molar-refractivity contribution < 1.29 is 18.0 Å². The van der Waals surface area contributed by atoms with Gasteiger partial charge in [0.1, 0.15) is 5.82 Å². The predicted octanol–water partition coefficient (Wildman–Crippen LogP) is 2.95. The molecule has 19 heavy (non-hydrogen) atoms. The van der Waals surface area contributed by atoms with E-state index in [1.807, 2.05) is 0 Å². The van der Waals surface area contributed by atoms with Crippen LogP contribution >= 0.6 is 11.6 Å². The molecule has 0 unspecified atom stereocenters. The summed E-state index contributed by atoms with van der Waals surface area (Å²) in [6, 6.07) is 5.73. The van der Waals surface area contributed by atoms with Crippen LogP contribution in [0.1, 0.15) is 11.7 Å². The number of benzene rings is 1. The average molecular weight is 288 g/mol. The van der Waals surface area contributed by atoms with Gasteiger partial charge in [-0.2, -0.15) is 18.4 Å². The highest BCUT2D eigenvalue weighted by Crippen LogP contribution is 2.27. The molecule has 0 saturated carbocycles. The highest BCUT2D eigenvalue weighted by Gasteiger charge is 2.45. The van der Waals surface area contributed by atoms with Crippen LogP contribution in [0, 0.1) is 11.3 Å². The van der Waals surface area contributed by atoms with Crippen LogP contribution in [0.4, 0.5) is 13.2 Å². The molecule has 0 fully saturated rings. The minimum absolute atomic E-state index is 0.328. The first-order valence-electron chi connectivity index (χ1n) is 4.98. The summed E-state index contributed by atoms with van der Waals surface area (Å²) in [6.45, 7) is 0. The highest BCUT2D eigenvalue weighted by molar-refractivity contribution is 6.31. The number of nitrogens with one attached hydrogen (secondary N) is 1. The molecule has 8 heteroatoms. The van der Waals surface area contributed by atoms with E-state index in [1.165, 1.54) is 24.3 Å². The van der Waals surface area contributed by atoms with Gasteiger partial charge in [-0.15, -0.1) is 0 Å². The third kappa shape index (κ3) is 2.53. The van der Waals surface area contributed by atoms with Gasteiger partial charge < -0.3 is 4.98 Å². The maximum absolute atomic E-state index is 12.3. The van der Waals surface area contributed by atoms with E-state index in [0.717, 1.165) is 0 Å². The fourth-order valence-electron chi connectivity index (χ4n) is 1.55. The Hall–Kier alpha value is -2.07. The second-order valence-corrected chi connectivity index (χ2v) is 4.14. The van der Waals surface area contributed by atoms with Gasteiger partial charge in [-0.3, -0.25) is 4.79 Å². The second kappa shape index (κ2) is 4.55. The Morgan fingerprint density at radius 3 is 2.74 bits per heavy atom. The number of carbonyl (C=O) groups excluding carboxylic acids is 1. The Bertz CT molecular complexity index is 687. The molecule has 0 spiro atoms. The van der Waals surface area contributed by atoms with E-state index in [0.29, 0.717) is 16.1 Å². The molecule has 1 aromatic heterocycles. The number of fused-ring (bicyclic) bond motifs is 1. The van der Waals surface area contributed by atoms with Crippen LogP contribution in [0.5, 0.6) is 0 Å². The Morgan fingerprint density at radius 2 is 2.16 bits per heavy atom. The zero-order valence-corrected chi connectivity index (χ0v) is 9.88. The first-order valence-corrected chi connectivity index (χ1v) is 5.36. The van der Waals surface area contributed by atoms with Gasteiger partial charge in [0, 0.05) is 5.02 Å². The van der Waals surface area contributed by atoms with Crippen molar-refractivity contribution in [3.05, 3.63) is 29.0 Å². The Morgan fingerprint density at radius 1 is 1.47 bits per heavy atom. The first kappa shape index (κ1) is 13.4. The summed E-state index contributed by atoms with van der Waals surface area (Å²) in [5, 5.41) is 9.10. The number of rotatable bonds is 2. The summed E-state index contributed by atoms with van der Waals surface area (Å²) in [4.78, 5) is 17.4. The molecule has 0 amide bonds. The van der Waals surface area contributed by atoms with Crippen molar-refractivity contribution in [2.75, 3.05) is 0 Å². The summed E-state index contributed by atoms with van der Waals surface area (Å²) in [5.41, 5.74) is 0.687. The molecule has 0 radical (unpaired) electrons. The van der Waals surface area contributed by atoms with E-state index >= 15 is 0 Å². The van der Waals surface area contributed by atoms with E-state index in [4.69, 9.17) is 16.9 Å². The summed E-state index contributed by atoms with van der Waals surface area (Å²) < 4.78 is 37.0. The van der Waals surface area contributed by atoms with E-state index in [1.54, 1.807) is 0 Å². The van der Waals surface area contributed by atoms with Gasteiger partial charge >= 0.3 is 6.18 Å². The maximum Gasteiger partial charge on any atom is 0.451 e. The van der Waals surface area contributed by atoms with Crippen molar-refractivity contribution in [3.63, 3.8) is 0 Å². The standard InChI is InChI=1S/C11H5ClF3N3O/c12-5-1-2-7-8(3-5)18-10(17-7)6(4-16)9(19)11(13,14)15/h1-3,6H,(H,17,18)/t6-/m1/s1. The molecular formula is C11H5ClF3N3O. The van der Waals surface area contributed by atoms with Gasteiger partial charge in [0.25, 0.3) is 5.78 Å². The number of imidazole rings is 1. The number of ketones is 1. The van der Waals surface area contributed by atoms with E-state index in [9.17, 15) is 18.0 Å². The lowest BCUT2D eigenvalue weighted by molar-refractivity contribution is -0.171. The fraction of sp³-hybridized carbons (Fsp3) is 0.182. The topological polar surface area (TPSA) is 69.5 Å². The van der Waals surface area contributed by atoms with E-state index in [2.05, 4.69) is 9.97 Å². The molecule has 4 nitrogen and oxygen atoms in total. The third-order valence-electron chi connectivity index (χ3n) is 2.41. The third-order valence-corrected chi connectivity index (χ3v) is 2.64. The molecule has 98 valence electrons. The molecule has 0 saturated heterocycles. The number of aromatic amines is 1. The molecule has 1 N–H and O–H groups in total. The van der Waals surface area contributed by atoms with Crippen LogP contribution in [-0.2, 0) is 4.79 Å². The van der Waals surface area contributed by atoms with Gasteiger partial charge in [0.15, 0.2) is 5.92 Å². The number of nitrogens with zero attached hydrogens (tertiary/aromatic N) is 2. The minimum atomic E-state index is -5.09. The van der Waals surface area contributed by atoms with Crippen molar-refractivity contribution in [3.8, 4) is 6.07 Å². The Labute approximate surface area is 109 Å². The number of carbonyl (C=O) groups is 1. The van der Waals surface area contributed by atoms with Gasteiger partial charge in [0.05, 0.1) is 17.1 Å². The first-order chi connectivity index (χ1) is 8.82. The van der Waals surface area contributed by atoms with Crippen molar-refractivity contribution in [2.45, 2.75) is 12.1 Å². The van der Waals surface area contributed by atoms with Crippen LogP contribution < -0.4 is 0 Å². The predicted molar refractivity (Wildman–Crippen MR) is 60.5 cm³/mol. The second-order valence-electron chi connectivity index (χ2n) is 3.71. The molecule has 1 aromatic carbocycles. The fourth-order valence-corrected chi connectivity index (χ4v) is 1.72. The average Bonchev–Trinajstić information content (AvgIpc) is 2.71. The van der Waals surface area contributed by atoms with Gasteiger partial charge in [0.2, 0.25) is 0 Å². The summed E-state index contributed by atoms with van der Waals surface area (Å²) >= 11 is 5.72. The number of hydrogen-bond donors (Lipinski definition) is 1. The number of aromatic nitrogens is 2. The van der Waals surface area contributed by atoms with Gasteiger partial charge in [-0.25, -0.2) is 4.98 Å². The lowest BCUT2D eigenvalue weighted by Gasteiger charge is -2.07. The van der Waals surface area contributed by atoms with Crippen LogP contribution in [0.3, 0.4) is 0 Å². The zero-order valence-electron chi connectivity index (χ0n) is 9.12. The van der Waals surface area contributed by atoms with Crippen LogP contribution in [0.15, 0.2) is 18.2 Å². The minimum Gasteiger partial charge on any atom is -0.340 e. The number of halogens is 4. The van der Waals surface area contributed by atoms with E-state index < -0.39 is 17.9 Å². The number of alkyl halides is 3. The highest BCUT2D eigenvalue weighted by atomic mass is 35.5. The molecule has 2 rings (SSSR count). The Balaban J connectivity index is 2.48. The molecular weight excluding hydrogens is 283 g/mol. The molecule has 0 aliphatic rings. The monoisotopic (exact) mass is 287 g/mol. The van der Waals surface area contributed by atoms with Gasteiger partial charge in [-0.05, 0) is 18.2 Å². The number of hydrogen-bond acceptors (Lipinski definition) is 3. The number of nitriles is 1. The maximum atomic E-state index is 12.3. The van der Waals surface area contributed by atoms with Crippen LogP contribution in [0.25, 0.3) is 11.0 Å². The number of H-pyrrole nitrogens is 1. The lowest BCUT2D eigenvalue weighted by atomic mass is 10.1. The summed E-state index contributed by atoms with van der Waals surface area (Å²) in [7, 11) is 0. The zero-order chi connectivity index (χ0) is 14.2. The Kier molecular flexibility index (Phi) is 3.20. The van der Waals surface area contributed by atoms with E-state index in [-0.39, 0.29) is 5.82 Å². The summed E-state index contributed by atoms with van der Waals surface area (Å²) in [6.07, 6.45) is -5.09. The number of Topliss-reactive ketones (excluding diaryl/α,β-unsaturated/α-hetero) is 1. The SMILES string of the molecule is N#C[C@H](C(=O)C(F)(F)F)c1nc2ccc(Cl)cc2[nH]1. The van der Waals surface area contributed by atoms with Crippen molar-refractivity contribution >= 4 is 28.4 Å². The van der Waals surface area contributed by atoms with Crippen LogP contribution in [0.2, 0.25) is 5.02 Å². The molecule has 1 heterocycles. The lowest BCUT2D eigenvalue weighted by Crippen LogP contribution is -2.29. The summed E-state index contributed by atoms with van der Waals surface area (Å²) in [5.74, 6) is -4.51. The van der Waals surface area contributed by atoms with Crippen molar-refractivity contribution in [2.24, 2.45) is 0 Å². The normalized spacial score (nSPS) is 13.2. The van der Waals surface area contributed by atoms with Crippen molar-refractivity contribution in [1.29, 1.82) is 5.26 Å². The smallest absolute Gasteiger partial charge is 0.340 e. The van der Waals surface area contributed by atoms with Crippen LogP contribution in [-0.4, -0.2) is 21.9 Å². The van der Waals surface area contributed by atoms with Crippen molar-refractivity contribution in [1.82, 2.24) is 9.97 Å². The largest absolute Gasteiger partial charge is 0.451 e.